The van der Waals surface area contributed by atoms with Crippen molar-refractivity contribution in [1.29, 1.82) is 0 Å². The first kappa shape index (κ1) is 26.2. The molecular weight excluding hydrogens is 386 g/mol. The maximum Gasteiger partial charge on any atom is 0.0669 e. The summed E-state index contributed by atoms with van der Waals surface area (Å²) >= 11 is 0. The number of nitrogens with zero attached hydrogens (tertiary/aromatic N) is 1. The van der Waals surface area contributed by atoms with Crippen LogP contribution < -0.4 is 0 Å². The van der Waals surface area contributed by atoms with Crippen molar-refractivity contribution < 1.29 is 0 Å². The summed E-state index contributed by atoms with van der Waals surface area (Å²) in [7, 11) is 0. The lowest BCUT2D eigenvalue weighted by atomic mass is 9.71. The first-order valence-corrected chi connectivity index (χ1v) is 12.5. The largest absolute Gasteiger partial charge is 0.361 e. The molecule has 1 heteroatoms. The lowest BCUT2D eigenvalue weighted by Crippen LogP contribution is -2.45. The highest BCUT2D eigenvalue weighted by atomic mass is 15.2. The summed E-state index contributed by atoms with van der Waals surface area (Å²) in [5, 5.41) is 0. The Hall–Kier alpha value is -2.02. The second-order valence-corrected chi connectivity index (χ2v) is 10.5. The van der Waals surface area contributed by atoms with Crippen molar-refractivity contribution in [1.82, 2.24) is 4.90 Å². The molecule has 0 saturated heterocycles. The molecule has 0 saturated carbocycles. The van der Waals surface area contributed by atoms with E-state index in [0.29, 0.717) is 5.92 Å². The zero-order chi connectivity index (χ0) is 24.4. The predicted octanol–water partition coefficient (Wildman–Crippen LogP) is 9.24. The van der Waals surface area contributed by atoms with Crippen LogP contribution in [0.25, 0.3) is 0 Å². The molecule has 0 spiro atoms. The van der Waals surface area contributed by atoms with E-state index in [2.05, 4.69) is 93.0 Å². The average molecular weight is 434 g/mol. The zero-order valence-electron chi connectivity index (χ0n) is 22.5. The Kier molecular flexibility index (Phi) is 8.43. The molecule has 176 valence electrons. The molecule has 2 unspecified atom stereocenters. The van der Waals surface area contributed by atoms with Gasteiger partial charge in [-0.05, 0) is 112 Å². The molecule has 0 aromatic heterocycles. The van der Waals surface area contributed by atoms with Gasteiger partial charge >= 0.3 is 0 Å². The number of hydrogen-bond acceptors (Lipinski definition) is 1. The van der Waals surface area contributed by atoms with E-state index < -0.39 is 0 Å². The van der Waals surface area contributed by atoms with Crippen molar-refractivity contribution in [2.24, 2.45) is 5.92 Å². The van der Waals surface area contributed by atoms with Crippen LogP contribution in [0.5, 0.6) is 0 Å². The van der Waals surface area contributed by atoms with E-state index in [1.165, 1.54) is 68.7 Å². The molecule has 2 rings (SSSR count). The lowest BCUT2D eigenvalue weighted by molar-refractivity contribution is 0.204. The maximum atomic E-state index is 4.56. The van der Waals surface area contributed by atoms with Gasteiger partial charge in [0.2, 0.25) is 0 Å². The summed E-state index contributed by atoms with van der Waals surface area (Å²) in [6.45, 7) is 34.7. The smallest absolute Gasteiger partial charge is 0.0669 e. The average Bonchev–Trinajstić information content (AvgIpc) is 2.94. The number of unbranched alkanes of at least 4 members (excludes halogenated alkanes) is 1. The van der Waals surface area contributed by atoms with Gasteiger partial charge in [-0.15, -0.1) is 6.58 Å². The SMILES string of the molecule is C=C(C)CC(C)/C(C)=C(\C(=C)CC)C1=C2C(C)=C(C(=C)C)N(CCCC)C2(C)CC=C1C. The molecule has 0 aromatic rings. The van der Waals surface area contributed by atoms with Crippen LogP contribution in [0.15, 0.2) is 81.7 Å². The molecule has 1 nitrogen and oxygen atoms in total. The van der Waals surface area contributed by atoms with E-state index in [9.17, 15) is 0 Å². The van der Waals surface area contributed by atoms with Gasteiger partial charge in [0.25, 0.3) is 0 Å². The lowest BCUT2D eigenvalue weighted by Gasteiger charge is -2.43. The van der Waals surface area contributed by atoms with E-state index in [1.54, 1.807) is 0 Å². The van der Waals surface area contributed by atoms with Gasteiger partial charge in [-0.25, -0.2) is 0 Å². The Morgan fingerprint density at radius 3 is 2.25 bits per heavy atom. The predicted molar refractivity (Wildman–Crippen MR) is 144 cm³/mol. The molecule has 0 bridgehead atoms. The Bertz CT molecular complexity index is 930. The third-order valence-corrected chi connectivity index (χ3v) is 7.54. The second-order valence-electron chi connectivity index (χ2n) is 10.5. The Morgan fingerprint density at radius 2 is 1.75 bits per heavy atom. The van der Waals surface area contributed by atoms with Gasteiger partial charge in [-0.3, -0.25) is 0 Å². The minimum atomic E-state index is -0.0283. The molecule has 2 atom stereocenters. The van der Waals surface area contributed by atoms with Gasteiger partial charge < -0.3 is 4.90 Å². The minimum absolute atomic E-state index is 0.0283. The molecule has 0 amide bonds. The Labute approximate surface area is 199 Å². The molecular formula is C31H47N. The fourth-order valence-corrected chi connectivity index (χ4v) is 5.73. The van der Waals surface area contributed by atoms with Gasteiger partial charge in [0.1, 0.15) is 0 Å². The highest BCUT2D eigenvalue weighted by Gasteiger charge is 2.47. The van der Waals surface area contributed by atoms with Gasteiger partial charge in [-0.1, -0.05) is 57.6 Å². The van der Waals surface area contributed by atoms with Crippen LogP contribution >= 0.6 is 0 Å². The van der Waals surface area contributed by atoms with Crippen molar-refractivity contribution in [2.75, 3.05) is 6.54 Å². The second kappa shape index (κ2) is 10.3. The number of fused-ring (bicyclic) bond motifs is 1. The summed E-state index contributed by atoms with van der Waals surface area (Å²) in [5.41, 5.74) is 13.5. The first-order valence-electron chi connectivity index (χ1n) is 12.5. The van der Waals surface area contributed by atoms with Crippen molar-refractivity contribution in [3.8, 4) is 0 Å². The van der Waals surface area contributed by atoms with Crippen molar-refractivity contribution in [3.63, 3.8) is 0 Å². The van der Waals surface area contributed by atoms with Gasteiger partial charge in [0.15, 0.2) is 0 Å². The summed E-state index contributed by atoms with van der Waals surface area (Å²) in [5.74, 6) is 0.447. The van der Waals surface area contributed by atoms with E-state index in [0.717, 1.165) is 25.8 Å². The van der Waals surface area contributed by atoms with Crippen LogP contribution in [0, 0.1) is 5.92 Å². The van der Waals surface area contributed by atoms with Crippen LogP contribution in [-0.4, -0.2) is 17.0 Å². The van der Waals surface area contributed by atoms with Crippen LogP contribution in [0.3, 0.4) is 0 Å². The maximum absolute atomic E-state index is 4.56. The quantitative estimate of drug-likeness (QED) is 0.245. The van der Waals surface area contributed by atoms with E-state index in [4.69, 9.17) is 0 Å². The van der Waals surface area contributed by atoms with Crippen molar-refractivity contribution >= 4 is 0 Å². The summed E-state index contributed by atoms with van der Waals surface area (Å²) in [6, 6.07) is 0. The number of allylic oxidation sites excluding steroid dienone is 7. The molecule has 1 heterocycles. The Balaban J connectivity index is 2.89. The van der Waals surface area contributed by atoms with E-state index in [1.807, 2.05) is 0 Å². The fraction of sp³-hybridized carbons (Fsp3) is 0.548. The van der Waals surface area contributed by atoms with Crippen LogP contribution in [0.2, 0.25) is 0 Å². The van der Waals surface area contributed by atoms with E-state index in [-0.39, 0.29) is 5.54 Å². The van der Waals surface area contributed by atoms with Crippen LogP contribution in [0.1, 0.15) is 94.4 Å². The molecule has 1 aliphatic carbocycles. The first-order chi connectivity index (χ1) is 14.9. The van der Waals surface area contributed by atoms with Gasteiger partial charge in [0, 0.05) is 12.2 Å². The zero-order valence-corrected chi connectivity index (χ0v) is 22.5. The molecule has 32 heavy (non-hydrogen) atoms. The van der Waals surface area contributed by atoms with Crippen molar-refractivity contribution in [2.45, 2.75) is 100.0 Å². The molecule has 0 radical (unpaired) electrons. The number of rotatable bonds is 10. The third-order valence-electron chi connectivity index (χ3n) is 7.54. The van der Waals surface area contributed by atoms with Crippen LogP contribution in [-0.2, 0) is 0 Å². The highest BCUT2D eigenvalue weighted by Crippen LogP contribution is 2.53. The molecule has 0 aromatic carbocycles. The van der Waals surface area contributed by atoms with Crippen molar-refractivity contribution in [3.05, 3.63) is 81.7 Å². The monoisotopic (exact) mass is 433 g/mol. The summed E-state index contributed by atoms with van der Waals surface area (Å²) in [6.07, 6.45) is 7.88. The summed E-state index contributed by atoms with van der Waals surface area (Å²) < 4.78 is 0. The van der Waals surface area contributed by atoms with Gasteiger partial charge in [0.05, 0.1) is 5.54 Å². The molecule has 0 fully saturated rings. The minimum Gasteiger partial charge on any atom is -0.361 e. The summed E-state index contributed by atoms with van der Waals surface area (Å²) in [4.78, 5) is 2.66. The molecule has 2 aliphatic rings. The molecule has 1 aliphatic heterocycles. The third kappa shape index (κ3) is 4.68. The molecule has 0 N–H and O–H groups in total. The normalized spacial score (nSPS) is 22.5. The number of hydrogen-bond donors (Lipinski definition) is 0. The standard InChI is InChI=1S/C31H47N/c1-13-15-18-32-30(21(5)6)26(11)29-28(23(8)16-17-31(29,32)12)27(22(7)14-2)25(10)24(9)19-20(3)4/h16,24H,3,5,7,13-15,17-19H2,1-2,4,6,8-12H3/b27-25+. The highest BCUT2D eigenvalue weighted by molar-refractivity contribution is 5.69. The Morgan fingerprint density at radius 1 is 1.12 bits per heavy atom. The van der Waals surface area contributed by atoms with Gasteiger partial charge in [-0.2, -0.15) is 0 Å². The fourth-order valence-electron chi connectivity index (χ4n) is 5.73. The topological polar surface area (TPSA) is 3.24 Å². The van der Waals surface area contributed by atoms with E-state index >= 15 is 0 Å². The van der Waals surface area contributed by atoms with Crippen LogP contribution in [0.4, 0.5) is 0 Å².